The van der Waals surface area contributed by atoms with Crippen LogP contribution in [0.3, 0.4) is 0 Å². The first-order chi connectivity index (χ1) is 8.62. The van der Waals surface area contributed by atoms with E-state index in [9.17, 15) is 8.42 Å². The molecule has 1 heterocycles. The zero-order valence-electron chi connectivity index (χ0n) is 11.4. The molecule has 0 aromatic rings. The highest BCUT2D eigenvalue weighted by Gasteiger charge is 2.29. The van der Waals surface area contributed by atoms with Gasteiger partial charge < -0.3 is 5.32 Å². The van der Waals surface area contributed by atoms with Crippen molar-refractivity contribution in [3.8, 4) is 0 Å². The fraction of sp³-hybridized carbons (Fsp3) is 1.00. The maximum Gasteiger partial charge on any atom is 0.214 e. The van der Waals surface area contributed by atoms with E-state index >= 15 is 0 Å². The van der Waals surface area contributed by atoms with Crippen molar-refractivity contribution in [3.63, 3.8) is 0 Å². The van der Waals surface area contributed by atoms with Gasteiger partial charge in [0.1, 0.15) is 0 Å². The standard InChI is InChI=1S/C13H26N2O2S/c1-2-15(10-12-5-3-6-12)18(16,17)11-13-7-4-8-14-9-13/h12-14H,2-11H2,1H3. The van der Waals surface area contributed by atoms with Crippen LogP contribution < -0.4 is 5.32 Å². The summed E-state index contributed by atoms with van der Waals surface area (Å²) in [4.78, 5) is 0. The van der Waals surface area contributed by atoms with Gasteiger partial charge in [-0.3, -0.25) is 0 Å². The smallest absolute Gasteiger partial charge is 0.214 e. The van der Waals surface area contributed by atoms with Gasteiger partial charge in [0, 0.05) is 13.1 Å². The third-order valence-electron chi connectivity index (χ3n) is 4.28. The van der Waals surface area contributed by atoms with Crippen LogP contribution in [0.1, 0.15) is 39.0 Å². The van der Waals surface area contributed by atoms with E-state index in [0.29, 0.717) is 24.1 Å². The largest absolute Gasteiger partial charge is 0.316 e. The molecule has 0 spiro atoms. The molecule has 1 saturated carbocycles. The Labute approximate surface area is 111 Å². The summed E-state index contributed by atoms with van der Waals surface area (Å²) in [6.45, 7) is 5.23. The van der Waals surface area contributed by atoms with Gasteiger partial charge in [-0.2, -0.15) is 0 Å². The number of rotatable bonds is 6. The van der Waals surface area contributed by atoms with Gasteiger partial charge in [0.05, 0.1) is 5.75 Å². The number of hydrogen-bond donors (Lipinski definition) is 1. The van der Waals surface area contributed by atoms with Crippen LogP contribution in [0.25, 0.3) is 0 Å². The first kappa shape index (κ1) is 14.3. The van der Waals surface area contributed by atoms with Gasteiger partial charge in [0.2, 0.25) is 10.0 Å². The molecule has 2 rings (SSSR count). The van der Waals surface area contributed by atoms with Crippen LogP contribution in [0.4, 0.5) is 0 Å². The van der Waals surface area contributed by atoms with Gasteiger partial charge >= 0.3 is 0 Å². The van der Waals surface area contributed by atoms with Crippen LogP contribution in [-0.4, -0.2) is 44.7 Å². The summed E-state index contributed by atoms with van der Waals surface area (Å²) in [5.74, 6) is 1.25. The summed E-state index contributed by atoms with van der Waals surface area (Å²) in [6, 6.07) is 0. The average Bonchev–Trinajstić information content (AvgIpc) is 2.28. The SMILES string of the molecule is CCN(CC1CCC1)S(=O)(=O)CC1CCCNC1. The lowest BCUT2D eigenvalue weighted by molar-refractivity contribution is 0.248. The Morgan fingerprint density at radius 1 is 1.17 bits per heavy atom. The van der Waals surface area contributed by atoms with Gasteiger partial charge in [0.25, 0.3) is 0 Å². The van der Waals surface area contributed by atoms with E-state index in [2.05, 4.69) is 5.32 Å². The number of piperidine rings is 1. The zero-order chi connectivity index (χ0) is 13.0. The van der Waals surface area contributed by atoms with E-state index in [4.69, 9.17) is 0 Å². The quantitative estimate of drug-likeness (QED) is 0.797. The lowest BCUT2D eigenvalue weighted by Crippen LogP contribution is -2.42. The van der Waals surface area contributed by atoms with E-state index in [1.54, 1.807) is 4.31 Å². The summed E-state index contributed by atoms with van der Waals surface area (Å²) in [7, 11) is -3.05. The third-order valence-corrected chi connectivity index (χ3v) is 6.36. The van der Waals surface area contributed by atoms with E-state index in [0.717, 1.165) is 32.5 Å². The predicted molar refractivity (Wildman–Crippen MR) is 74.0 cm³/mol. The zero-order valence-corrected chi connectivity index (χ0v) is 12.2. The summed E-state index contributed by atoms with van der Waals surface area (Å²) >= 11 is 0. The van der Waals surface area contributed by atoms with Crippen LogP contribution in [0, 0.1) is 11.8 Å². The molecule has 18 heavy (non-hydrogen) atoms. The normalized spacial score (nSPS) is 26.2. The summed E-state index contributed by atoms with van der Waals surface area (Å²) in [5, 5.41) is 3.29. The molecule has 1 saturated heterocycles. The minimum Gasteiger partial charge on any atom is -0.316 e. The van der Waals surface area contributed by atoms with Gasteiger partial charge in [-0.15, -0.1) is 0 Å². The lowest BCUT2D eigenvalue weighted by Gasteiger charge is -2.32. The topological polar surface area (TPSA) is 49.4 Å². The van der Waals surface area contributed by atoms with Crippen molar-refractivity contribution in [2.45, 2.75) is 39.0 Å². The monoisotopic (exact) mass is 274 g/mol. The van der Waals surface area contributed by atoms with Crippen LogP contribution >= 0.6 is 0 Å². The molecule has 2 fully saturated rings. The fourth-order valence-electron chi connectivity index (χ4n) is 2.87. The van der Waals surface area contributed by atoms with Crippen LogP contribution in [0.2, 0.25) is 0 Å². The molecule has 0 amide bonds. The summed E-state index contributed by atoms with van der Waals surface area (Å²) < 4.78 is 26.5. The predicted octanol–water partition coefficient (Wildman–Crippen LogP) is 1.44. The molecule has 0 bridgehead atoms. The number of sulfonamides is 1. The molecule has 0 aromatic heterocycles. The van der Waals surface area contributed by atoms with Crippen molar-refractivity contribution >= 4 is 10.0 Å². The van der Waals surface area contributed by atoms with E-state index < -0.39 is 10.0 Å². The Hall–Kier alpha value is -0.130. The molecule has 5 heteroatoms. The summed E-state index contributed by atoms with van der Waals surface area (Å²) in [6.07, 6.45) is 5.84. The fourth-order valence-corrected chi connectivity index (χ4v) is 4.79. The molecular weight excluding hydrogens is 248 g/mol. The van der Waals surface area contributed by atoms with Crippen molar-refractivity contribution in [3.05, 3.63) is 0 Å². The maximum absolute atomic E-state index is 12.4. The molecule has 1 aliphatic heterocycles. The molecule has 1 atom stereocenters. The highest BCUT2D eigenvalue weighted by atomic mass is 32.2. The van der Waals surface area contributed by atoms with Crippen molar-refractivity contribution in [2.75, 3.05) is 31.9 Å². The Bertz CT molecular complexity index is 346. The van der Waals surface area contributed by atoms with E-state index in [1.807, 2.05) is 6.92 Å². The Kier molecular flexibility index (Phi) is 5.04. The van der Waals surface area contributed by atoms with Gasteiger partial charge in [0.15, 0.2) is 0 Å². The van der Waals surface area contributed by atoms with Crippen molar-refractivity contribution < 1.29 is 8.42 Å². The molecule has 0 radical (unpaired) electrons. The minimum atomic E-state index is -3.05. The lowest BCUT2D eigenvalue weighted by atomic mass is 9.85. The molecule has 1 aliphatic carbocycles. The molecule has 1 N–H and O–H groups in total. The average molecular weight is 274 g/mol. The number of nitrogens with zero attached hydrogens (tertiary/aromatic N) is 1. The van der Waals surface area contributed by atoms with Gasteiger partial charge in [-0.1, -0.05) is 13.3 Å². The summed E-state index contributed by atoms with van der Waals surface area (Å²) in [5.41, 5.74) is 0. The first-order valence-electron chi connectivity index (χ1n) is 7.30. The second-order valence-electron chi connectivity index (χ2n) is 5.74. The highest BCUT2D eigenvalue weighted by Crippen LogP contribution is 2.28. The molecule has 0 aromatic carbocycles. The molecule has 4 nitrogen and oxygen atoms in total. The molecule has 106 valence electrons. The number of hydrogen-bond acceptors (Lipinski definition) is 3. The Morgan fingerprint density at radius 3 is 2.39 bits per heavy atom. The second kappa shape index (κ2) is 6.35. The molecular formula is C13H26N2O2S. The maximum atomic E-state index is 12.4. The van der Waals surface area contributed by atoms with Crippen molar-refractivity contribution in [2.24, 2.45) is 11.8 Å². The van der Waals surface area contributed by atoms with Crippen LogP contribution in [0.15, 0.2) is 0 Å². The van der Waals surface area contributed by atoms with Crippen molar-refractivity contribution in [1.82, 2.24) is 9.62 Å². The highest BCUT2D eigenvalue weighted by molar-refractivity contribution is 7.89. The van der Waals surface area contributed by atoms with E-state index in [-0.39, 0.29) is 0 Å². The second-order valence-corrected chi connectivity index (χ2v) is 7.75. The van der Waals surface area contributed by atoms with Crippen molar-refractivity contribution in [1.29, 1.82) is 0 Å². The van der Waals surface area contributed by atoms with Gasteiger partial charge in [-0.25, -0.2) is 12.7 Å². The minimum absolute atomic E-state index is 0.305. The Morgan fingerprint density at radius 2 is 1.89 bits per heavy atom. The van der Waals surface area contributed by atoms with E-state index in [1.165, 1.54) is 19.3 Å². The Balaban J connectivity index is 1.89. The molecule has 1 unspecified atom stereocenters. The van der Waals surface area contributed by atoms with Crippen LogP contribution in [-0.2, 0) is 10.0 Å². The number of nitrogens with one attached hydrogen (secondary N) is 1. The third kappa shape index (κ3) is 3.68. The van der Waals surface area contributed by atoms with Gasteiger partial charge in [-0.05, 0) is 50.6 Å². The first-order valence-corrected chi connectivity index (χ1v) is 8.91. The molecule has 2 aliphatic rings. The van der Waals surface area contributed by atoms with Crippen LogP contribution in [0.5, 0.6) is 0 Å².